The van der Waals surface area contributed by atoms with Crippen molar-refractivity contribution < 1.29 is 19.0 Å². The van der Waals surface area contributed by atoms with Crippen LogP contribution in [0.1, 0.15) is 29.0 Å². The van der Waals surface area contributed by atoms with E-state index in [0.717, 1.165) is 22.7 Å². The summed E-state index contributed by atoms with van der Waals surface area (Å²) in [5, 5.41) is 3.51. The van der Waals surface area contributed by atoms with Crippen LogP contribution in [-0.2, 0) is 0 Å². The smallest absolute Gasteiger partial charge is 0.262 e. The van der Waals surface area contributed by atoms with Crippen LogP contribution in [0.3, 0.4) is 0 Å². The van der Waals surface area contributed by atoms with E-state index in [1.54, 1.807) is 19.1 Å². The molecule has 4 rings (SSSR count). The zero-order valence-corrected chi connectivity index (χ0v) is 17.2. The number of carbonyl (C=O) groups is 1. The number of carbonyl (C=O) groups excluding carboxylic acids is 1. The molecule has 1 aliphatic rings. The van der Waals surface area contributed by atoms with Crippen LogP contribution in [0.25, 0.3) is 0 Å². The van der Waals surface area contributed by atoms with Gasteiger partial charge in [0, 0.05) is 11.4 Å². The number of hydrogen-bond donors (Lipinski definition) is 1. The van der Waals surface area contributed by atoms with Gasteiger partial charge in [0.15, 0.2) is 11.5 Å². The average Bonchev–Trinajstić information content (AvgIpc) is 2.79. The zero-order chi connectivity index (χ0) is 21.1. The highest BCUT2D eigenvalue weighted by Gasteiger charge is 2.34. The SMILES string of the molecule is CCOc1cc([C@@H]2Nc3ccccc3C(=O)N2c2ccc(OC)cc2)ccc1OC. The van der Waals surface area contributed by atoms with Crippen LogP contribution in [0.5, 0.6) is 17.2 Å². The molecule has 0 unspecified atom stereocenters. The molecule has 0 aromatic heterocycles. The Bertz CT molecular complexity index is 1050. The first-order valence-electron chi connectivity index (χ1n) is 9.80. The highest BCUT2D eigenvalue weighted by molar-refractivity contribution is 6.12. The summed E-state index contributed by atoms with van der Waals surface area (Å²) in [6, 6.07) is 20.7. The van der Waals surface area contributed by atoms with Gasteiger partial charge in [-0.25, -0.2) is 0 Å². The number of benzene rings is 3. The first-order valence-corrected chi connectivity index (χ1v) is 9.80. The molecule has 3 aromatic carbocycles. The number of para-hydroxylation sites is 1. The Balaban J connectivity index is 1.82. The van der Waals surface area contributed by atoms with E-state index in [0.29, 0.717) is 23.7 Å². The van der Waals surface area contributed by atoms with Crippen molar-refractivity contribution in [2.24, 2.45) is 0 Å². The number of fused-ring (bicyclic) bond motifs is 1. The second-order valence-electron chi connectivity index (χ2n) is 6.81. The summed E-state index contributed by atoms with van der Waals surface area (Å²) in [4.78, 5) is 15.2. The lowest BCUT2D eigenvalue weighted by molar-refractivity contribution is 0.0975. The van der Waals surface area contributed by atoms with E-state index in [1.807, 2.05) is 73.7 Å². The third kappa shape index (κ3) is 3.52. The maximum absolute atomic E-state index is 13.5. The van der Waals surface area contributed by atoms with E-state index in [-0.39, 0.29) is 5.91 Å². The number of methoxy groups -OCH3 is 2. The monoisotopic (exact) mass is 404 g/mol. The molecule has 1 aliphatic heterocycles. The van der Waals surface area contributed by atoms with Crippen LogP contribution >= 0.6 is 0 Å². The fraction of sp³-hybridized carbons (Fsp3) is 0.208. The van der Waals surface area contributed by atoms with Crippen molar-refractivity contribution >= 4 is 17.3 Å². The molecule has 1 heterocycles. The van der Waals surface area contributed by atoms with Gasteiger partial charge in [0.2, 0.25) is 0 Å². The molecule has 6 heteroatoms. The van der Waals surface area contributed by atoms with E-state index in [1.165, 1.54) is 0 Å². The van der Waals surface area contributed by atoms with E-state index >= 15 is 0 Å². The third-order valence-corrected chi connectivity index (χ3v) is 5.08. The van der Waals surface area contributed by atoms with Crippen molar-refractivity contribution in [3.63, 3.8) is 0 Å². The summed E-state index contributed by atoms with van der Waals surface area (Å²) >= 11 is 0. The molecule has 0 bridgehead atoms. The molecule has 0 radical (unpaired) electrons. The molecule has 1 atom stereocenters. The van der Waals surface area contributed by atoms with Gasteiger partial charge < -0.3 is 19.5 Å². The molecule has 0 saturated carbocycles. The van der Waals surface area contributed by atoms with Crippen molar-refractivity contribution in [1.29, 1.82) is 0 Å². The summed E-state index contributed by atoms with van der Waals surface area (Å²) in [6.45, 7) is 2.44. The Kier molecular flexibility index (Phi) is 5.48. The van der Waals surface area contributed by atoms with Crippen molar-refractivity contribution in [3.05, 3.63) is 77.9 Å². The van der Waals surface area contributed by atoms with Crippen molar-refractivity contribution in [2.75, 3.05) is 31.0 Å². The lowest BCUT2D eigenvalue weighted by atomic mass is 10.0. The lowest BCUT2D eigenvalue weighted by Crippen LogP contribution is -2.43. The second-order valence-corrected chi connectivity index (χ2v) is 6.81. The van der Waals surface area contributed by atoms with Crippen molar-refractivity contribution in [3.8, 4) is 17.2 Å². The highest BCUT2D eigenvalue weighted by Crippen LogP contribution is 2.39. The second kappa shape index (κ2) is 8.37. The van der Waals surface area contributed by atoms with Gasteiger partial charge in [0.05, 0.1) is 26.4 Å². The fourth-order valence-electron chi connectivity index (χ4n) is 3.63. The van der Waals surface area contributed by atoms with Gasteiger partial charge >= 0.3 is 0 Å². The normalized spacial score (nSPS) is 15.2. The van der Waals surface area contributed by atoms with Gasteiger partial charge in [0.1, 0.15) is 11.9 Å². The lowest BCUT2D eigenvalue weighted by Gasteiger charge is -2.38. The minimum atomic E-state index is -0.411. The number of nitrogens with zero attached hydrogens (tertiary/aromatic N) is 1. The minimum Gasteiger partial charge on any atom is -0.497 e. The maximum atomic E-state index is 13.5. The van der Waals surface area contributed by atoms with E-state index in [9.17, 15) is 4.79 Å². The van der Waals surface area contributed by atoms with Gasteiger partial charge in [-0.3, -0.25) is 9.69 Å². The first kappa shape index (κ1) is 19.6. The zero-order valence-electron chi connectivity index (χ0n) is 17.2. The number of nitrogens with one attached hydrogen (secondary N) is 1. The van der Waals surface area contributed by atoms with Crippen LogP contribution in [0, 0.1) is 0 Å². The van der Waals surface area contributed by atoms with Crippen LogP contribution in [0.4, 0.5) is 11.4 Å². The molecule has 0 aliphatic carbocycles. The molecular weight excluding hydrogens is 380 g/mol. The average molecular weight is 404 g/mol. The summed E-state index contributed by atoms with van der Waals surface area (Å²) in [5.41, 5.74) is 3.08. The number of hydrogen-bond acceptors (Lipinski definition) is 5. The molecule has 1 amide bonds. The Morgan fingerprint density at radius 1 is 0.933 bits per heavy atom. The van der Waals surface area contributed by atoms with E-state index < -0.39 is 6.17 Å². The predicted molar refractivity (Wildman–Crippen MR) is 117 cm³/mol. The van der Waals surface area contributed by atoms with E-state index in [4.69, 9.17) is 14.2 Å². The quantitative estimate of drug-likeness (QED) is 0.635. The van der Waals surface area contributed by atoms with Crippen molar-refractivity contribution in [2.45, 2.75) is 13.1 Å². The molecular formula is C24H24N2O4. The Morgan fingerprint density at radius 3 is 2.40 bits per heavy atom. The topological polar surface area (TPSA) is 60.0 Å². The number of amides is 1. The first-order chi connectivity index (χ1) is 14.7. The molecule has 3 aromatic rings. The van der Waals surface area contributed by atoms with Gasteiger partial charge in [-0.2, -0.15) is 0 Å². The van der Waals surface area contributed by atoms with Gasteiger partial charge in [0.25, 0.3) is 5.91 Å². The molecule has 30 heavy (non-hydrogen) atoms. The van der Waals surface area contributed by atoms with Gasteiger partial charge in [-0.1, -0.05) is 18.2 Å². The van der Waals surface area contributed by atoms with E-state index in [2.05, 4.69) is 5.32 Å². The molecule has 6 nitrogen and oxygen atoms in total. The minimum absolute atomic E-state index is 0.0757. The molecule has 0 saturated heterocycles. The number of anilines is 2. The number of ether oxygens (including phenoxy) is 3. The predicted octanol–water partition coefficient (Wildman–Crippen LogP) is 4.87. The van der Waals surface area contributed by atoms with Crippen LogP contribution < -0.4 is 24.4 Å². The van der Waals surface area contributed by atoms with Gasteiger partial charge in [-0.15, -0.1) is 0 Å². The fourth-order valence-corrected chi connectivity index (χ4v) is 3.63. The van der Waals surface area contributed by atoms with Crippen molar-refractivity contribution in [1.82, 2.24) is 0 Å². The molecule has 154 valence electrons. The van der Waals surface area contributed by atoms with Crippen LogP contribution in [0.15, 0.2) is 66.7 Å². The Morgan fingerprint density at radius 2 is 1.70 bits per heavy atom. The molecule has 1 N–H and O–H groups in total. The summed E-state index contributed by atoms with van der Waals surface area (Å²) in [5.74, 6) is 1.95. The standard InChI is InChI=1S/C24H24N2O4/c1-4-30-22-15-16(9-14-21(22)29-3)23-25-20-8-6-5-7-19(20)24(27)26(23)17-10-12-18(28-2)13-11-17/h5-15,23,25H,4H2,1-3H3/t23-/m1/s1. The molecule has 0 spiro atoms. The molecule has 0 fully saturated rings. The summed E-state index contributed by atoms with van der Waals surface area (Å²) in [7, 11) is 3.23. The van der Waals surface area contributed by atoms with Crippen LogP contribution in [-0.4, -0.2) is 26.7 Å². The maximum Gasteiger partial charge on any atom is 0.262 e. The summed E-state index contributed by atoms with van der Waals surface area (Å²) in [6.07, 6.45) is -0.411. The number of rotatable bonds is 6. The van der Waals surface area contributed by atoms with Gasteiger partial charge in [-0.05, 0) is 61.0 Å². The van der Waals surface area contributed by atoms with Crippen LogP contribution in [0.2, 0.25) is 0 Å². The Hall–Kier alpha value is -3.67. The Labute approximate surface area is 176 Å². The third-order valence-electron chi connectivity index (χ3n) is 5.08. The summed E-state index contributed by atoms with van der Waals surface area (Å²) < 4.78 is 16.4. The highest BCUT2D eigenvalue weighted by atomic mass is 16.5. The largest absolute Gasteiger partial charge is 0.497 e.